The lowest BCUT2D eigenvalue weighted by molar-refractivity contribution is 0.0280. The van der Waals surface area contributed by atoms with Crippen molar-refractivity contribution in [2.24, 2.45) is 0 Å². The van der Waals surface area contributed by atoms with Crippen molar-refractivity contribution in [1.82, 2.24) is 10.2 Å². The van der Waals surface area contributed by atoms with Crippen molar-refractivity contribution in [3.63, 3.8) is 0 Å². The number of hydrogen-bond acceptors (Lipinski definition) is 6. The molecule has 0 saturated carbocycles. The Kier molecular flexibility index (Phi) is 6.49. The average molecular weight is 475 g/mol. The Morgan fingerprint density at radius 2 is 1.19 bits per heavy atom. The van der Waals surface area contributed by atoms with Gasteiger partial charge in [0, 0.05) is 22.3 Å². The molecule has 1 heterocycles. The van der Waals surface area contributed by atoms with Crippen LogP contribution in [0.1, 0.15) is 37.9 Å². The van der Waals surface area contributed by atoms with E-state index in [-0.39, 0.29) is 5.78 Å². The van der Waals surface area contributed by atoms with Crippen LogP contribution in [0.5, 0.6) is 0 Å². The fourth-order valence-electron chi connectivity index (χ4n) is 3.73. The van der Waals surface area contributed by atoms with E-state index in [2.05, 4.69) is 10.2 Å². The van der Waals surface area contributed by atoms with Crippen LogP contribution in [-0.4, -0.2) is 21.9 Å². The van der Waals surface area contributed by atoms with Crippen LogP contribution in [0.15, 0.2) is 114 Å². The van der Waals surface area contributed by atoms with E-state index in [0.29, 0.717) is 34.0 Å². The van der Waals surface area contributed by atoms with Gasteiger partial charge in [-0.2, -0.15) is 0 Å². The van der Waals surface area contributed by atoms with E-state index >= 15 is 0 Å². The van der Waals surface area contributed by atoms with Crippen molar-refractivity contribution in [2.75, 3.05) is 0 Å². The van der Waals surface area contributed by atoms with Crippen LogP contribution in [0.4, 0.5) is 0 Å². The summed E-state index contributed by atoms with van der Waals surface area (Å²) >= 11 is 0. The van der Waals surface area contributed by atoms with E-state index in [4.69, 9.17) is 9.15 Å². The van der Waals surface area contributed by atoms with Crippen LogP contribution in [0.3, 0.4) is 0 Å². The van der Waals surface area contributed by atoms with Crippen LogP contribution < -0.4 is 0 Å². The van der Waals surface area contributed by atoms with E-state index in [1.165, 1.54) is 0 Å². The highest BCUT2D eigenvalue weighted by atomic mass is 16.5. The normalized spacial score (nSPS) is 11.6. The summed E-state index contributed by atoms with van der Waals surface area (Å²) in [5.74, 6) is -0.142. The highest BCUT2D eigenvalue weighted by molar-refractivity contribution is 6.02. The molecule has 0 N–H and O–H groups in total. The van der Waals surface area contributed by atoms with Gasteiger partial charge >= 0.3 is 5.97 Å². The maximum Gasteiger partial charge on any atom is 0.339 e. The minimum absolute atomic E-state index is 0.287. The Hall–Kier alpha value is -4.84. The van der Waals surface area contributed by atoms with Gasteiger partial charge in [0.1, 0.15) is 0 Å². The van der Waals surface area contributed by atoms with E-state index in [9.17, 15) is 9.59 Å². The summed E-state index contributed by atoms with van der Waals surface area (Å²) < 4.78 is 11.5. The molecular weight excluding hydrogens is 452 g/mol. The van der Waals surface area contributed by atoms with Crippen LogP contribution in [0.25, 0.3) is 22.9 Å². The van der Waals surface area contributed by atoms with Crippen molar-refractivity contribution in [3.8, 4) is 22.9 Å². The fourth-order valence-corrected chi connectivity index (χ4v) is 3.73. The average Bonchev–Trinajstić information content (AvgIpc) is 3.43. The molecule has 1 atom stereocenters. The van der Waals surface area contributed by atoms with Gasteiger partial charge in [-0.05, 0) is 43.3 Å². The van der Waals surface area contributed by atoms with E-state index < -0.39 is 12.1 Å². The standard InChI is InChI=1S/C30H22N2O4/c1-20-12-14-21(15-13-20)26(33)27(22-8-4-2-5-9-22)35-30(34)25-18-16-24(17-19-25)29-32-31-28(36-29)23-10-6-3-7-11-23/h2-19,27H,1H3/t27-/m1/s1. The molecule has 4 aromatic carbocycles. The number of carbonyl (C=O) groups is 2. The van der Waals surface area contributed by atoms with E-state index in [1.807, 2.05) is 67.6 Å². The Morgan fingerprint density at radius 3 is 1.81 bits per heavy atom. The zero-order valence-electron chi connectivity index (χ0n) is 19.5. The number of rotatable bonds is 7. The number of aromatic nitrogens is 2. The number of nitrogens with zero attached hydrogens (tertiary/aromatic N) is 2. The van der Waals surface area contributed by atoms with Crippen molar-refractivity contribution in [1.29, 1.82) is 0 Å². The maximum absolute atomic E-state index is 13.3. The monoisotopic (exact) mass is 474 g/mol. The quantitative estimate of drug-likeness (QED) is 0.198. The van der Waals surface area contributed by atoms with Gasteiger partial charge in [0.2, 0.25) is 17.6 Å². The first-order chi connectivity index (χ1) is 17.6. The topological polar surface area (TPSA) is 82.3 Å². The molecule has 0 saturated heterocycles. The first-order valence-electron chi connectivity index (χ1n) is 11.4. The van der Waals surface area contributed by atoms with Gasteiger partial charge in [-0.1, -0.05) is 78.4 Å². The Balaban J connectivity index is 1.36. The number of carbonyl (C=O) groups excluding carboxylic acids is 2. The summed E-state index contributed by atoms with van der Waals surface area (Å²) in [5.41, 5.74) is 3.91. The Morgan fingerprint density at radius 1 is 0.667 bits per heavy atom. The number of Topliss-reactive ketones (excluding diaryl/α,β-unsaturated/α-hetero) is 1. The number of esters is 1. The second-order valence-corrected chi connectivity index (χ2v) is 8.28. The molecule has 5 aromatic rings. The zero-order valence-corrected chi connectivity index (χ0v) is 19.5. The number of benzene rings is 4. The van der Waals surface area contributed by atoms with Gasteiger partial charge in [-0.3, -0.25) is 4.79 Å². The first-order valence-corrected chi connectivity index (χ1v) is 11.4. The number of aryl methyl sites for hydroxylation is 1. The summed E-state index contributed by atoms with van der Waals surface area (Å²) in [7, 11) is 0. The minimum atomic E-state index is -1.06. The van der Waals surface area contributed by atoms with Crippen molar-refractivity contribution in [2.45, 2.75) is 13.0 Å². The number of hydrogen-bond donors (Lipinski definition) is 0. The molecule has 0 amide bonds. The molecule has 1 aromatic heterocycles. The molecular formula is C30H22N2O4. The lowest BCUT2D eigenvalue weighted by Gasteiger charge is -2.18. The van der Waals surface area contributed by atoms with Crippen molar-refractivity contribution < 1.29 is 18.7 Å². The summed E-state index contributed by atoms with van der Waals surface area (Å²) in [6, 6.07) is 32.3. The molecule has 5 rings (SSSR count). The summed E-state index contributed by atoms with van der Waals surface area (Å²) in [5, 5.41) is 8.21. The molecule has 0 aliphatic heterocycles. The highest BCUT2D eigenvalue weighted by Gasteiger charge is 2.27. The lowest BCUT2D eigenvalue weighted by atomic mass is 9.99. The van der Waals surface area contributed by atoms with Crippen molar-refractivity contribution in [3.05, 3.63) is 131 Å². The second kappa shape index (κ2) is 10.2. The molecule has 36 heavy (non-hydrogen) atoms. The van der Waals surface area contributed by atoms with E-state index in [0.717, 1.165) is 11.1 Å². The zero-order chi connectivity index (χ0) is 24.9. The largest absolute Gasteiger partial charge is 0.445 e. The van der Waals surface area contributed by atoms with Crippen LogP contribution >= 0.6 is 0 Å². The molecule has 0 spiro atoms. The third-order valence-electron chi connectivity index (χ3n) is 5.71. The maximum atomic E-state index is 13.3. The molecule has 0 aliphatic rings. The second-order valence-electron chi connectivity index (χ2n) is 8.28. The number of ether oxygens (including phenoxy) is 1. The lowest BCUT2D eigenvalue weighted by Crippen LogP contribution is -2.20. The van der Waals surface area contributed by atoms with Crippen LogP contribution in [-0.2, 0) is 4.74 Å². The SMILES string of the molecule is Cc1ccc(C(=O)[C@H](OC(=O)c2ccc(-c3nnc(-c4ccccc4)o3)cc2)c2ccccc2)cc1. The Labute approximate surface area is 208 Å². The molecule has 0 unspecified atom stereocenters. The molecule has 0 aliphatic carbocycles. The van der Waals surface area contributed by atoms with Gasteiger partial charge in [0.05, 0.1) is 5.56 Å². The van der Waals surface area contributed by atoms with Gasteiger partial charge in [0.25, 0.3) is 0 Å². The molecule has 0 radical (unpaired) electrons. The predicted molar refractivity (Wildman–Crippen MR) is 135 cm³/mol. The fraction of sp³-hybridized carbons (Fsp3) is 0.0667. The molecule has 0 bridgehead atoms. The molecule has 6 heteroatoms. The van der Waals surface area contributed by atoms with E-state index in [1.54, 1.807) is 48.5 Å². The third kappa shape index (κ3) is 4.98. The summed E-state index contributed by atoms with van der Waals surface area (Å²) in [6.45, 7) is 1.95. The first kappa shape index (κ1) is 22.9. The summed E-state index contributed by atoms with van der Waals surface area (Å²) in [4.78, 5) is 26.3. The van der Waals surface area contributed by atoms with Gasteiger partial charge in [-0.15, -0.1) is 10.2 Å². The number of ketones is 1. The van der Waals surface area contributed by atoms with Gasteiger partial charge in [-0.25, -0.2) is 4.79 Å². The van der Waals surface area contributed by atoms with Crippen LogP contribution in [0.2, 0.25) is 0 Å². The van der Waals surface area contributed by atoms with Gasteiger partial charge < -0.3 is 9.15 Å². The molecule has 176 valence electrons. The van der Waals surface area contributed by atoms with Gasteiger partial charge in [0.15, 0.2) is 6.10 Å². The highest BCUT2D eigenvalue weighted by Crippen LogP contribution is 2.26. The molecule has 6 nitrogen and oxygen atoms in total. The predicted octanol–water partition coefficient (Wildman–Crippen LogP) is 6.49. The minimum Gasteiger partial charge on any atom is -0.445 e. The summed E-state index contributed by atoms with van der Waals surface area (Å²) in [6.07, 6.45) is -1.06. The van der Waals surface area contributed by atoms with Crippen molar-refractivity contribution >= 4 is 11.8 Å². The molecule has 0 fully saturated rings. The van der Waals surface area contributed by atoms with Crippen LogP contribution in [0, 0.1) is 6.92 Å². The third-order valence-corrected chi connectivity index (χ3v) is 5.71. The Bertz CT molecular complexity index is 1480. The smallest absolute Gasteiger partial charge is 0.339 e.